The van der Waals surface area contributed by atoms with Gasteiger partial charge in [-0.2, -0.15) is 0 Å². The number of nitro benzene ring substituents is 1. The van der Waals surface area contributed by atoms with E-state index in [1.807, 2.05) is 0 Å². The molecule has 2 rings (SSSR count). The molecule has 0 unspecified atom stereocenters. The van der Waals surface area contributed by atoms with E-state index in [9.17, 15) is 18.9 Å². The quantitative estimate of drug-likeness (QED) is 0.680. The van der Waals surface area contributed by atoms with Crippen LogP contribution in [-0.4, -0.2) is 17.0 Å². The molecule has 0 radical (unpaired) electrons. The largest absolute Gasteiger partial charge is 0.444 e. The summed E-state index contributed by atoms with van der Waals surface area (Å²) in [6.45, 7) is 0.390. The van der Waals surface area contributed by atoms with E-state index in [0.29, 0.717) is 24.4 Å². The van der Waals surface area contributed by atoms with Crippen molar-refractivity contribution in [2.75, 3.05) is 7.05 Å². The van der Waals surface area contributed by atoms with Crippen molar-refractivity contribution in [2.24, 2.45) is 0 Å². The molecule has 2 aromatic rings. The van der Waals surface area contributed by atoms with E-state index in [-0.39, 0.29) is 11.5 Å². The Morgan fingerprint density at radius 1 is 1.42 bits per heavy atom. The zero-order valence-electron chi connectivity index (χ0n) is 9.81. The SMILES string of the molecule is CNCc1coc(-c2cc(F)c(F)cc2[N+](=O)[O-])n1. The molecule has 8 heteroatoms. The molecule has 0 saturated heterocycles. The first-order valence-electron chi connectivity index (χ1n) is 5.25. The lowest BCUT2D eigenvalue weighted by Gasteiger charge is -2.00. The molecule has 1 N–H and O–H groups in total. The van der Waals surface area contributed by atoms with Gasteiger partial charge in [0.05, 0.1) is 16.7 Å². The Morgan fingerprint density at radius 3 is 2.74 bits per heavy atom. The smallest absolute Gasteiger partial charge is 0.285 e. The minimum Gasteiger partial charge on any atom is -0.444 e. The Kier molecular flexibility index (Phi) is 3.52. The van der Waals surface area contributed by atoms with Gasteiger partial charge in [-0.3, -0.25) is 10.1 Å². The lowest BCUT2D eigenvalue weighted by atomic mass is 10.1. The summed E-state index contributed by atoms with van der Waals surface area (Å²) >= 11 is 0. The van der Waals surface area contributed by atoms with Crippen LogP contribution in [0.15, 0.2) is 22.8 Å². The van der Waals surface area contributed by atoms with Gasteiger partial charge in [-0.25, -0.2) is 13.8 Å². The van der Waals surface area contributed by atoms with E-state index >= 15 is 0 Å². The van der Waals surface area contributed by atoms with Crippen LogP contribution >= 0.6 is 0 Å². The highest BCUT2D eigenvalue weighted by Gasteiger charge is 2.23. The van der Waals surface area contributed by atoms with E-state index in [1.165, 1.54) is 6.26 Å². The van der Waals surface area contributed by atoms with Gasteiger partial charge >= 0.3 is 0 Å². The second-order valence-corrected chi connectivity index (χ2v) is 3.71. The van der Waals surface area contributed by atoms with Gasteiger partial charge in [-0.15, -0.1) is 0 Å². The maximum Gasteiger partial charge on any atom is 0.285 e. The number of benzene rings is 1. The Bertz CT molecular complexity index is 628. The number of nitro groups is 1. The third kappa shape index (κ3) is 2.58. The van der Waals surface area contributed by atoms with Gasteiger partial charge in [0.1, 0.15) is 11.8 Å². The average Bonchev–Trinajstić information content (AvgIpc) is 2.81. The summed E-state index contributed by atoms with van der Waals surface area (Å²) in [7, 11) is 1.69. The van der Waals surface area contributed by atoms with Crippen LogP contribution in [0.4, 0.5) is 14.5 Å². The molecule has 19 heavy (non-hydrogen) atoms. The summed E-state index contributed by atoms with van der Waals surface area (Å²) in [6, 6.07) is 1.20. The van der Waals surface area contributed by atoms with E-state index in [2.05, 4.69) is 10.3 Å². The van der Waals surface area contributed by atoms with Crippen molar-refractivity contribution < 1.29 is 18.1 Å². The van der Waals surface area contributed by atoms with Gasteiger partial charge < -0.3 is 9.73 Å². The first kappa shape index (κ1) is 13.1. The highest BCUT2D eigenvalue weighted by Crippen LogP contribution is 2.31. The van der Waals surface area contributed by atoms with E-state index < -0.39 is 22.2 Å². The lowest BCUT2D eigenvalue weighted by Crippen LogP contribution is -2.05. The van der Waals surface area contributed by atoms with Gasteiger partial charge in [-0.1, -0.05) is 0 Å². The highest BCUT2D eigenvalue weighted by atomic mass is 19.2. The Labute approximate surface area is 106 Å². The second-order valence-electron chi connectivity index (χ2n) is 3.71. The monoisotopic (exact) mass is 269 g/mol. The fraction of sp³-hybridized carbons (Fsp3) is 0.182. The molecular weight excluding hydrogens is 260 g/mol. The number of oxazole rings is 1. The predicted molar refractivity (Wildman–Crippen MR) is 61.3 cm³/mol. The molecule has 0 saturated carbocycles. The topological polar surface area (TPSA) is 81.2 Å². The number of rotatable bonds is 4. The van der Waals surface area contributed by atoms with Crippen molar-refractivity contribution in [2.45, 2.75) is 6.54 Å². The molecule has 1 heterocycles. The zero-order chi connectivity index (χ0) is 14.0. The molecule has 100 valence electrons. The summed E-state index contributed by atoms with van der Waals surface area (Å²) in [5, 5.41) is 13.6. The van der Waals surface area contributed by atoms with Crippen LogP contribution in [0.2, 0.25) is 0 Å². The predicted octanol–water partition coefficient (Wildman–Crippen LogP) is 2.25. The van der Waals surface area contributed by atoms with Gasteiger partial charge in [-0.05, 0) is 13.1 Å². The molecule has 1 aromatic heterocycles. The Balaban J connectivity index is 2.53. The molecule has 6 nitrogen and oxygen atoms in total. The standard InChI is InChI=1S/C11H9F2N3O3/c1-14-4-6-5-19-11(15-6)7-2-8(12)9(13)3-10(7)16(17)18/h2-3,5,14H,4H2,1H3. The molecule has 0 bridgehead atoms. The second kappa shape index (κ2) is 5.11. The third-order valence-corrected chi connectivity index (χ3v) is 2.38. The molecule has 0 atom stereocenters. The van der Waals surface area contributed by atoms with Crippen LogP contribution < -0.4 is 5.32 Å². The van der Waals surface area contributed by atoms with Gasteiger partial charge in [0.25, 0.3) is 5.69 Å². The fourth-order valence-corrected chi connectivity index (χ4v) is 1.55. The number of hydrogen-bond acceptors (Lipinski definition) is 5. The summed E-state index contributed by atoms with van der Waals surface area (Å²) in [4.78, 5) is 14.0. The summed E-state index contributed by atoms with van der Waals surface area (Å²) in [5.74, 6) is -2.62. The first-order chi connectivity index (χ1) is 9.02. The molecular formula is C11H9F2N3O3. The van der Waals surface area contributed by atoms with Crippen LogP contribution in [0, 0.1) is 21.7 Å². The third-order valence-electron chi connectivity index (χ3n) is 2.38. The average molecular weight is 269 g/mol. The van der Waals surface area contributed by atoms with Crippen LogP contribution in [0.25, 0.3) is 11.5 Å². The summed E-state index contributed by atoms with van der Waals surface area (Å²) < 4.78 is 31.2. The van der Waals surface area contributed by atoms with Crippen molar-refractivity contribution in [1.29, 1.82) is 0 Å². The van der Waals surface area contributed by atoms with Crippen LogP contribution in [0.3, 0.4) is 0 Å². The van der Waals surface area contributed by atoms with E-state index in [1.54, 1.807) is 7.05 Å². The minimum absolute atomic E-state index is 0.129. The molecule has 0 aliphatic carbocycles. The maximum atomic E-state index is 13.2. The summed E-state index contributed by atoms with van der Waals surface area (Å²) in [5.41, 5.74) is -0.306. The van der Waals surface area contributed by atoms with Crippen LogP contribution in [-0.2, 0) is 6.54 Å². The van der Waals surface area contributed by atoms with Crippen LogP contribution in [0.1, 0.15) is 5.69 Å². The highest BCUT2D eigenvalue weighted by molar-refractivity contribution is 5.67. The number of nitrogens with zero attached hydrogens (tertiary/aromatic N) is 2. The lowest BCUT2D eigenvalue weighted by molar-refractivity contribution is -0.384. The van der Waals surface area contributed by atoms with Crippen molar-refractivity contribution in [3.05, 3.63) is 45.8 Å². The first-order valence-corrected chi connectivity index (χ1v) is 5.25. The molecule has 0 fully saturated rings. The number of hydrogen-bond donors (Lipinski definition) is 1. The maximum absolute atomic E-state index is 13.2. The molecule has 1 aromatic carbocycles. The van der Waals surface area contributed by atoms with Crippen molar-refractivity contribution >= 4 is 5.69 Å². The van der Waals surface area contributed by atoms with Gasteiger partial charge in [0.15, 0.2) is 11.6 Å². The molecule has 0 spiro atoms. The van der Waals surface area contributed by atoms with E-state index in [4.69, 9.17) is 4.42 Å². The van der Waals surface area contributed by atoms with Crippen molar-refractivity contribution in [3.63, 3.8) is 0 Å². The molecule has 0 aliphatic heterocycles. The minimum atomic E-state index is -1.29. The zero-order valence-corrected chi connectivity index (χ0v) is 9.81. The normalized spacial score (nSPS) is 10.7. The number of halogens is 2. The fourth-order valence-electron chi connectivity index (χ4n) is 1.55. The van der Waals surface area contributed by atoms with Crippen LogP contribution in [0.5, 0.6) is 0 Å². The molecule has 0 amide bonds. The van der Waals surface area contributed by atoms with E-state index in [0.717, 1.165) is 0 Å². The molecule has 0 aliphatic rings. The van der Waals surface area contributed by atoms with Gasteiger partial charge in [0.2, 0.25) is 5.89 Å². The summed E-state index contributed by atoms with van der Waals surface area (Å²) in [6.07, 6.45) is 1.29. The Morgan fingerprint density at radius 2 is 2.11 bits per heavy atom. The van der Waals surface area contributed by atoms with Gasteiger partial charge in [0, 0.05) is 6.54 Å². The number of aromatic nitrogens is 1. The Hall–Kier alpha value is -2.35. The van der Waals surface area contributed by atoms with Crippen molar-refractivity contribution in [1.82, 2.24) is 10.3 Å². The van der Waals surface area contributed by atoms with Crippen molar-refractivity contribution in [3.8, 4) is 11.5 Å². The number of nitrogens with one attached hydrogen (secondary N) is 1.